The van der Waals surface area contributed by atoms with Crippen molar-refractivity contribution in [3.05, 3.63) is 47.6 Å². The number of ether oxygens (including phenoxy) is 1. The normalized spacial score (nSPS) is 13.2. The molecule has 0 spiro atoms. The molecular formula is C14H16KNO4. The van der Waals surface area contributed by atoms with Crippen molar-refractivity contribution in [1.82, 2.24) is 5.32 Å². The molecule has 1 atom stereocenters. The van der Waals surface area contributed by atoms with E-state index < -0.39 is 24.0 Å². The van der Waals surface area contributed by atoms with Gasteiger partial charge < -0.3 is 20.0 Å². The van der Waals surface area contributed by atoms with Gasteiger partial charge in [-0.05, 0) is 19.4 Å². The first-order chi connectivity index (χ1) is 9.47. The number of allylic oxidation sites excluding steroid dienone is 1. The average Bonchev–Trinajstić information content (AvgIpc) is 2.44. The van der Waals surface area contributed by atoms with E-state index in [-0.39, 0.29) is 63.7 Å². The second kappa shape index (κ2) is 10.1. The van der Waals surface area contributed by atoms with E-state index in [2.05, 4.69) is 10.1 Å². The van der Waals surface area contributed by atoms with Crippen LogP contribution in [0.15, 0.2) is 42.1 Å². The van der Waals surface area contributed by atoms with Crippen LogP contribution in [-0.2, 0) is 14.3 Å². The predicted octanol–water partition coefficient (Wildman–Crippen LogP) is -2.46. The summed E-state index contributed by atoms with van der Waals surface area (Å²) in [5, 5.41) is 13.8. The van der Waals surface area contributed by atoms with Crippen LogP contribution in [0, 0.1) is 0 Å². The van der Waals surface area contributed by atoms with E-state index in [9.17, 15) is 14.7 Å². The molecule has 0 aliphatic carbocycles. The number of rotatable bonds is 6. The van der Waals surface area contributed by atoms with Crippen molar-refractivity contribution in [1.29, 1.82) is 0 Å². The molecule has 102 valence electrons. The first-order valence-corrected chi connectivity index (χ1v) is 5.84. The zero-order chi connectivity index (χ0) is 15.1. The number of hydrogen-bond donors (Lipinski definition) is 1. The maximum absolute atomic E-state index is 11.4. The zero-order valence-electron chi connectivity index (χ0n) is 12.8. The molecule has 1 unspecified atom stereocenters. The molecule has 0 amide bonds. The summed E-state index contributed by atoms with van der Waals surface area (Å²) in [5.74, 6) is -2.14. The second-order valence-corrected chi connectivity index (χ2v) is 3.78. The van der Waals surface area contributed by atoms with E-state index in [1.54, 1.807) is 37.3 Å². The van der Waals surface area contributed by atoms with Crippen molar-refractivity contribution in [2.45, 2.75) is 19.9 Å². The van der Waals surface area contributed by atoms with Gasteiger partial charge in [-0.2, -0.15) is 0 Å². The number of esters is 1. The summed E-state index contributed by atoms with van der Waals surface area (Å²) >= 11 is 0. The number of carbonyl (C=O) groups is 2. The van der Waals surface area contributed by atoms with Crippen LogP contribution in [-0.4, -0.2) is 18.5 Å². The van der Waals surface area contributed by atoms with Crippen LogP contribution in [0.2, 0.25) is 0 Å². The quantitative estimate of drug-likeness (QED) is 0.358. The van der Waals surface area contributed by atoms with Crippen molar-refractivity contribution in [3.8, 4) is 0 Å². The molecule has 0 aliphatic heterocycles. The molecule has 20 heavy (non-hydrogen) atoms. The molecule has 0 heterocycles. The Morgan fingerprint density at radius 3 is 2.55 bits per heavy atom. The van der Waals surface area contributed by atoms with E-state index >= 15 is 0 Å². The maximum Gasteiger partial charge on any atom is 1.00 e. The minimum Gasteiger partial charge on any atom is -0.548 e. The van der Waals surface area contributed by atoms with Crippen molar-refractivity contribution < 1.29 is 72.2 Å². The minimum absolute atomic E-state index is 0. The average molecular weight is 302 g/mol. The summed E-state index contributed by atoms with van der Waals surface area (Å²) in [5.41, 5.74) is 0.588. The largest absolute Gasteiger partial charge is 1.00 e. The number of carboxylic acid groups (broad SMARTS) is 1. The third kappa shape index (κ3) is 6.67. The third-order valence-electron chi connectivity index (χ3n) is 2.29. The van der Waals surface area contributed by atoms with Gasteiger partial charge >= 0.3 is 57.4 Å². The summed E-state index contributed by atoms with van der Waals surface area (Å²) in [6, 6.07) is 6.84. The first-order valence-electron chi connectivity index (χ1n) is 6.34. The standard InChI is InChI=1S/C14H17NO4.K/c1-3-19-12(16)9-10(2)15-13(14(17)18)11-7-5-4-6-8-11;/h4-9,13,15H,3H2,1-2H3,(H,17,18);/q;+1/p-1/i9D;. The number of aliphatic carboxylic acids is 1. The molecule has 1 rings (SSSR count). The van der Waals surface area contributed by atoms with Crippen LogP contribution in [0.3, 0.4) is 0 Å². The second-order valence-electron chi connectivity index (χ2n) is 3.78. The van der Waals surface area contributed by atoms with Gasteiger partial charge in [-0.25, -0.2) is 4.79 Å². The number of carbonyl (C=O) groups excluding carboxylic acids is 2. The Labute approximate surface area is 162 Å². The van der Waals surface area contributed by atoms with Gasteiger partial charge in [0.25, 0.3) is 0 Å². The summed E-state index contributed by atoms with van der Waals surface area (Å²) in [6.07, 6.45) is 0. The van der Waals surface area contributed by atoms with Crippen molar-refractivity contribution in [2.24, 2.45) is 0 Å². The number of benzene rings is 1. The minimum atomic E-state index is -1.34. The molecule has 0 aliphatic rings. The third-order valence-corrected chi connectivity index (χ3v) is 2.29. The van der Waals surface area contributed by atoms with E-state index in [1.165, 1.54) is 6.92 Å². The van der Waals surface area contributed by atoms with Crippen molar-refractivity contribution in [2.75, 3.05) is 6.61 Å². The maximum atomic E-state index is 11.4. The van der Waals surface area contributed by atoms with Gasteiger partial charge in [0.15, 0.2) is 0 Å². The molecule has 0 saturated carbocycles. The van der Waals surface area contributed by atoms with Gasteiger partial charge in [0, 0.05) is 11.7 Å². The van der Waals surface area contributed by atoms with Crippen LogP contribution in [0.4, 0.5) is 0 Å². The van der Waals surface area contributed by atoms with E-state index in [4.69, 9.17) is 1.37 Å². The molecule has 0 saturated heterocycles. The number of hydrogen-bond acceptors (Lipinski definition) is 5. The fraction of sp³-hybridized carbons (Fsp3) is 0.286. The summed E-state index contributed by atoms with van der Waals surface area (Å²) in [4.78, 5) is 22.6. The SMILES string of the molecule is [2H]C(C(=O)OCC)=C(C)NC(C(=O)[O-])c1ccccc1.[K+]. The Hall–Kier alpha value is -0.664. The smallest absolute Gasteiger partial charge is 0.548 e. The van der Waals surface area contributed by atoms with E-state index in [0.717, 1.165) is 0 Å². The van der Waals surface area contributed by atoms with Crippen LogP contribution in [0.25, 0.3) is 0 Å². The van der Waals surface area contributed by atoms with Crippen LogP contribution < -0.4 is 61.8 Å². The summed E-state index contributed by atoms with van der Waals surface area (Å²) < 4.78 is 12.3. The topological polar surface area (TPSA) is 78.5 Å². The fourth-order valence-corrected chi connectivity index (χ4v) is 1.50. The Kier molecular flexibility index (Phi) is 8.80. The zero-order valence-corrected chi connectivity index (χ0v) is 14.9. The van der Waals surface area contributed by atoms with Gasteiger partial charge in [-0.3, -0.25) is 0 Å². The Bertz CT molecular complexity index is 519. The molecule has 1 N–H and O–H groups in total. The molecule has 5 nitrogen and oxygen atoms in total. The molecule has 0 aromatic heterocycles. The molecule has 0 bridgehead atoms. The Morgan fingerprint density at radius 1 is 1.45 bits per heavy atom. The molecule has 0 radical (unpaired) electrons. The molecule has 1 aromatic rings. The van der Waals surface area contributed by atoms with Gasteiger partial charge in [-0.15, -0.1) is 0 Å². The van der Waals surface area contributed by atoms with Gasteiger partial charge in [0.2, 0.25) is 0 Å². The Morgan fingerprint density at radius 2 is 2.05 bits per heavy atom. The van der Waals surface area contributed by atoms with E-state index in [1.807, 2.05) is 0 Å². The fourth-order valence-electron chi connectivity index (χ4n) is 1.50. The summed E-state index contributed by atoms with van der Waals surface area (Å²) in [6.45, 7) is 3.22. The van der Waals surface area contributed by atoms with Gasteiger partial charge in [-0.1, -0.05) is 30.3 Å². The van der Waals surface area contributed by atoms with Crippen LogP contribution in [0.1, 0.15) is 26.8 Å². The summed E-state index contributed by atoms with van der Waals surface area (Å²) in [7, 11) is 0. The van der Waals surface area contributed by atoms with Crippen LogP contribution in [0.5, 0.6) is 0 Å². The van der Waals surface area contributed by atoms with Gasteiger partial charge in [0.1, 0.15) is 0 Å². The van der Waals surface area contributed by atoms with Gasteiger partial charge in [0.05, 0.1) is 20.0 Å². The number of carboxylic acids is 1. The van der Waals surface area contributed by atoms with Crippen molar-refractivity contribution in [3.63, 3.8) is 0 Å². The van der Waals surface area contributed by atoms with Crippen molar-refractivity contribution >= 4 is 11.9 Å². The van der Waals surface area contributed by atoms with Crippen LogP contribution >= 0.6 is 0 Å². The molecule has 0 fully saturated rings. The predicted molar refractivity (Wildman–Crippen MR) is 67.7 cm³/mol. The van der Waals surface area contributed by atoms with E-state index in [0.29, 0.717) is 5.56 Å². The first kappa shape index (κ1) is 17.4. The number of nitrogens with one attached hydrogen (secondary N) is 1. The molecular weight excluding hydrogens is 285 g/mol. The molecule has 6 heteroatoms. The monoisotopic (exact) mass is 302 g/mol. The Balaban J connectivity index is 0.00000400. The molecule has 1 aromatic carbocycles.